The van der Waals surface area contributed by atoms with Gasteiger partial charge in [0.05, 0.1) is 24.4 Å². The molecule has 0 spiro atoms. The van der Waals surface area contributed by atoms with Crippen LogP contribution in [-0.2, 0) is 6.42 Å². The van der Waals surface area contributed by atoms with Crippen LogP contribution in [0.5, 0.6) is 0 Å². The minimum Gasteiger partial charge on any atom is -0.460 e. The van der Waals surface area contributed by atoms with Crippen molar-refractivity contribution in [3.63, 3.8) is 0 Å². The highest BCUT2D eigenvalue weighted by molar-refractivity contribution is 5.94. The number of hydrogen-bond donors (Lipinski definition) is 0. The lowest BCUT2D eigenvalue weighted by molar-refractivity contribution is -0.0177. The number of aromatic nitrogens is 2. The molecule has 0 radical (unpaired) electrons. The van der Waals surface area contributed by atoms with E-state index in [2.05, 4.69) is 37.1 Å². The zero-order valence-electron chi connectivity index (χ0n) is 17.9. The Hall–Kier alpha value is -3.29. The fraction of sp³-hybridized carbons (Fsp3) is 0.375. The van der Waals surface area contributed by atoms with Crippen molar-refractivity contribution in [2.24, 2.45) is 10.9 Å². The number of nitrogens with zero attached hydrogens (tertiary/aromatic N) is 5. The number of piperazine rings is 1. The second-order valence-electron chi connectivity index (χ2n) is 8.39. The van der Waals surface area contributed by atoms with Gasteiger partial charge in [-0.25, -0.2) is 8.78 Å². The maximum absolute atomic E-state index is 13.5. The summed E-state index contributed by atoms with van der Waals surface area (Å²) in [5, 5.41) is 10.0. The molecular formula is C24H25F2N5O. The third kappa shape index (κ3) is 4.09. The molecule has 3 aromatic rings. The topological polar surface area (TPSA) is 57.8 Å². The van der Waals surface area contributed by atoms with Crippen LogP contribution in [0.2, 0.25) is 0 Å². The summed E-state index contributed by atoms with van der Waals surface area (Å²) in [5.41, 5.74) is 2.82. The lowest BCUT2D eigenvalue weighted by Gasteiger charge is -2.37. The number of halogens is 2. The van der Waals surface area contributed by atoms with Crippen molar-refractivity contribution in [3.05, 3.63) is 66.1 Å². The highest BCUT2D eigenvalue weighted by atomic mass is 19.3. The molecule has 2 aromatic heterocycles. The van der Waals surface area contributed by atoms with Crippen molar-refractivity contribution in [1.29, 1.82) is 0 Å². The zero-order chi connectivity index (χ0) is 22.1. The average Bonchev–Trinajstić information content (AvgIpc) is 3.30. The summed E-state index contributed by atoms with van der Waals surface area (Å²) >= 11 is 0. The van der Waals surface area contributed by atoms with Gasteiger partial charge in [0.15, 0.2) is 11.4 Å². The predicted octanol–water partition coefficient (Wildman–Crippen LogP) is 4.18. The summed E-state index contributed by atoms with van der Waals surface area (Å²) in [6.45, 7) is 3.98. The van der Waals surface area contributed by atoms with Crippen molar-refractivity contribution in [2.45, 2.75) is 19.3 Å². The summed E-state index contributed by atoms with van der Waals surface area (Å²) < 4.78 is 32.8. The van der Waals surface area contributed by atoms with Gasteiger partial charge >= 0.3 is 0 Å². The van der Waals surface area contributed by atoms with Gasteiger partial charge in [-0.1, -0.05) is 36.4 Å². The molecule has 2 aliphatic heterocycles. The molecule has 0 N–H and O–H groups in total. The van der Waals surface area contributed by atoms with E-state index in [1.165, 1.54) is 5.56 Å². The van der Waals surface area contributed by atoms with Crippen molar-refractivity contribution in [2.75, 3.05) is 37.6 Å². The molecule has 0 saturated carbocycles. The van der Waals surface area contributed by atoms with Crippen molar-refractivity contribution < 1.29 is 13.2 Å². The number of benzene rings is 1. The number of fused-ring (bicyclic) bond motifs is 1. The van der Waals surface area contributed by atoms with Gasteiger partial charge < -0.3 is 14.2 Å². The van der Waals surface area contributed by atoms with E-state index >= 15 is 0 Å². The largest absolute Gasteiger partial charge is 0.460 e. The van der Waals surface area contributed by atoms with Gasteiger partial charge in [0.2, 0.25) is 0 Å². The monoisotopic (exact) mass is 437 g/mol. The molecule has 4 heterocycles. The standard InChI is InChI=1S/C24H25F2N5O/c1-24(25,26)18-7-8-21(27-16-18)30-10-12-31(13-11-30)23-22-19(9-14-32-22)20(28-29-23)15-17-5-3-2-4-6-17/h2-9,14,18H,10-13,15-16H2,1H3. The van der Waals surface area contributed by atoms with Gasteiger partial charge in [0, 0.05) is 44.9 Å². The average molecular weight is 437 g/mol. The van der Waals surface area contributed by atoms with Crippen LogP contribution in [0, 0.1) is 5.92 Å². The molecule has 5 rings (SSSR count). The van der Waals surface area contributed by atoms with E-state index in [1.807, 2.05) is 24.3 Å². The first-order valence-electron chi connectivity index (χ1n) is 10.9. The molecule has 1 saturated heterocycles. The van der Waals surface area contributed by atoms with E-state index < -0.39 is 11.8 Å². The van der Waals surface area contributed by atoms with E-state index in [4.69, 9.17) is 4.42 Å². The molecule has 1 fully saturated rings. The quantitative estimate of drug-likeness (QED) is 0.613. The molecule has 1 aromatic carbocycles. The molecule has 1 atom stereocenters. The number of anilines is 1. The number of furan rings is 1. The van der Waals surface area contributed by atoms with Crippen molar-refractivity contribution in [1.82, 2.24) is 15.1 Å². The lowest BCUT2D eigenvalue weighted by Crippen LogP contribution is -2.49. The minimum absolute atomic E-state index is 0.122. The number of amidine groups is 1. The number of dihydropyridines is 1. The lowest BCUT2D eigenvalue weighted by atomic mass is 10.0. The molecule has 6 nitrogen and oxygen atoms in total. The number of hydrogen-bond acceptors (Lipinski definition) is 6. The van der Waals surface area contributed by atoms with Crippen LogP contribution < -0.4 is 4.90 Å². The van der Waals surface area contributed by atoms with Crippen molar-refractivity contribution in [3.8, 4) is 0 Å². The highest BCUT2D eigenvalue weighted by Crippen LogP contribution is 2.30. The van der Waals surface area contributed by atoms with Gasteiger partial charge in [0.25, 0.3) is 5.92 Å². The minimum atomic E-state index is -2.75. The molecule has 166 valence electrons. The van der Waals surface area contributed by atoms with Crippen LogP contribution in [-0.4, -0.2) is 59.6 Å². The Labute approximate surface area is 185 Å². The smallest absolute Gasteiger partial charge is 0.253 e. The Balaban J connectivity index is 1.28. The molecule has 0 bridgehead atoms. The molecule has 8 heteroatoms. The second kappa shape index (κ2) is 8.33. The molecule has 0 amide bonds. The predicted molar refractivity (Wildman–Crippen MR) is 120 cm³/mol. The first-order valence-corrected chi connectivity index (χ1v) is 10.9. The Morgan fingerprint density at radius 3 is 2.47 bits per heavy atom. The summed E-state index contributed by atoms with van der Waals surface area (Å²) in [6, 6.07) is 12.1. The van der Waals surface area contributed by atoms with Gasteiger partial charge in [-0.05, 0) is 17.7 Å². The van der Waals surface area contributed by atoms with E-state index in [-0.39, 0.29) is 6.54 Å². The Morgan fingerprint density at radius 2 is 1.78 bits per heavy atom. The number of alkyl halides is 2. The normalized spacial score (nSPS) is 19.5. The van der Waals surface area contributed by atoms with Gasteiger partial charge in [-0.15, -0.1) is 5.10 Å². The van der Waals surface area contributed by atoms with Crippen LogP contribution in [0.15, 0.2) is 64.2 Å². The maximum atomic E-state index is 13.5. The first-order chi connectivity index (χ1) is 15.5. The summed E-state index contributed by atoms with van der Waals surface area (Å²) in [5.74, 6) is -2.06. The van der Waals surface area contributed by atoms with E-state index in [0.717, 1.165) is 61.4 Å². The maximum Gasteiger partial charge on any atom is 0.253 e. The first kappa shape index (κ1) is 20.6. The SMILES string of the molecule is CC(F)(F)C1C=CC(N2CCN(c3nnc(Cc4ccccc4)c4ccoc34)CC2)=NC1. The Bertz CT molecular complexity index is 1140. The van der Waals surface area contributed by atoms with E-state index in [0.29, 0.717) is 6.42 Å². The third-order valence-corrected chi connectivity index (χ3v) is 6.14. The summed E-state index contributed by atoms with van der Waals surface area (Å²) in [7, 11) is 0. The Kier molecular flexibility index (Phi) is 5.36. The molecule has 0 aliphatic carbocycles. The van der Waals surface area contributed by atoms with Crippen LogP contribution in [0.25, 0.3) is 11.0 Å². The molecular weight excluding hydrogens is 412 g/mol. The Morgan fingerprint density at radius 1 is 1.03 bits per heavy atom. The van der Waals surface area contributed by atoms with Gasteiger partial charge in [-0.3, -0.25) is 4.99 Å². The van der Waals surface area contributed by atoms with Gasteiger partial charge in [-0.2, -0.15) is 5.10 Å². The van der Waals surface area contributed by atoms with Crippen LogP contribution in [0.4, 0.5) is 14.6 Å². The molecule has 32 heavy (non-hydrogen) atoms. The summed E-state index contributed by atoms with van der Waals surface area (Å²) in [6.07, 6.45) is 5.69. The van der Waals surface area contributed by atoms with Crippen LogP contribution >= 0.6 is 0 Å². The fourth-order valence-electron chi connectivity index (χ4n) is 4.23. The molecule has 1 unspecified atom stereocenters. The number of rotatable bonds is 4. The zero-order valence-corrected chi connectivity index (χ0v) is 17.9. The third-order valence-electron chi connectivity index (χ3n) is 6.14. The van der Waals surface area contributed by atoms with Crippen LogP contribution in [0.1, 0.15) is 18.2 Å². The number of aliphatic imine (C=N–C) groups is 1. The molecule has 2 aliphatic rings. The van der Waals surface area contributed by atoms with E-state index in [1.54, 1.807) is 18.4 Å². The van der Waals surface area contributed by atoms with Crippen molar-refractivity contribution >= 4 is 22.6 Å². The second-order valence-corrected chi connectivity index (χ2v) is 8.39. The van der Waals surface area contributed by atoms with Crippen LogP contribution in [0.3, 0.4) is 0 Å². The highest BCUT2D eigenvalue weighted by Gasteiger charge is 2.34. The van der Waals surface area contributed by atoms with Gasteiger partial charge in [0.1, 0.15) is 5.84 Å². The van der Waals surface area contributed by atoms with E-state index in [9.17, 15) is 8.78 Å². The summed E-state index contributed by atoms with van der Waals surface area (Å²) in [4.78, 5) is 8.70. The fourth-order valence-corrected chi connectivity index (χ4v) is 4.23.